The van der Waals surface area contributed by atoms with Crippen molar-refractivity contribution in [3.05, 3.63) is 35.9 Å². The lowest BCUT2D eigenvalue weighted by molar-refractivity contribution is -0.145. The van der Waals surface area contributed by atoms with Crippen LogP contribution >= 0.6 is 0 Å². The SMILES string of the molecule is CN(C(=O)C1CNCCO1)C1CCN(Cc2ccccc2)C1. The molecule has 2 heterocycles. The Hall–Kier alpha value is -1.43. The van der Waals surface area contributed by atoms with Gasteiger partial charge >= 0.3 is 0 Å². The van der Waals surface area contributed by atoms with Crippen molar-refractivity contribution in [2.24, 2.45) is 0 Å². The molecule has 2 atom stereocenters. The summed E-state index contributed by atoms with van der Waals surface area (Å²) in [6.45, 7) is 5.03. The van der Waals surface area contributed by atoms with E-state index in [4.69, 9.17) is 4.74 Å². The summed E-state index contributed by atoms with van der Waals surface area (Å²) >= 11 is 0. The molecule has 2 aliphatic heterocycles. The van der Waals surface area contributed by atoms with Crippen molar-refractivity contribution in [2.45, 2.75) is 25.1 Å². The number of morpholine rings is 1. The van der Waals surface area contributed by atoms with Gasteiger partial charge in [-0.15, -0.1) is 0 Å². The van der Waals surface area contributed by atoms with Crippen molar-refractivity contribution in [2.75, 3.05) is 39.8 Å². The number of hydrogen-bond acceptors (Lipinski definition) is 4. The number of likely N-dealkylation sites (tertiary alicyclic amines) is 1. The molecular formula is C17H25N3O2. The number of nitrogens with one attached hydrogen (secondary N) is 1. The van der Waals surface area contributed by atoms with E-state index in [2.05, 4.69) is 34.5 Å². The van der Waals surface area contributed by atoms with Gasteiger partial charge in [-0.2, -0.15) is 0 Å². The fraction of sp³-hybridized carbons (Fsp3) is 0.588. The highest BCUT2D eigenvalue weighted by Crippen LogP contribution is 2.18. The minimum absolute atomic E-state index is 0.110. The molecule has 22 heavy (non-hydrogen) atoms. The first kappa shape index (κ1) is 15.5. The van der Waals surface area contributed by atoms with E-state index in [0.29, 0.717) is 19.2 Å². The van der Waals surface area contributed by atoms with Crippen LogP contribution in [0.4, 0.5) is 0 Å². The van der Waals surface area contributed by atoms with Gasteiger partial charge in [-0.25, -0.2) is 0 Å². The maximum atomic E-state index is 12.5. The Balaban J connectivity index is 1.52. The van der Waals surface area contributed by atoms with Crippen molar-refractivity contribution < 1.29 is 9.53 Å². The maximum absolute atomic E-state index is 12.5. The quantitative estimate of drug-likeness (QED) is 0.890. The van der Waals surface area contributed by atoms with E-state index in [1.54, 1.807) is 0 Å². The molecule has 1 aromatic rings. The van der Waals surface area contributed by atoms with E-state index < -0.39 is 0 Å². The summed E-state index contributed by atoms with van der Waals surface area (Å²) in [5, 5.41) is 3.22. The van der Waals surface area contributed by atoms with Crippen LogP contribution in [0.2, 0.25) is 0 Å². The number of carbonyl (C=O) groups excluding carboxylic acids is 1. The van der Waals surface area contributed by atoms with E-state index in [9.17, 15) is 4.79 Å². The highest BCUT2D eigenvalue weighted by atomic mass is 16.5. The average molecular weight is 303 g/mol. The lowest BCUT2D eigenvalue weighted by Crippen LogP contribution is -2.51. The predicted octanol–water partition coefficient (Wildman–Crippen LogP) is 0.708. The monoisotopic (exact) mass is 303 g/mol. The molecule has 0 radical (unpaired) electrons. The molecule has 0 bridgehead atoms. The lowest BCUT2D eigenvalue weighted by atomic mass is 10.2. The molecule has 5 nitrogen and oxygen atoms in total. The Morgan fingerprint density at radius 2 is 2.23 bits per heavy atom. The van der Waals surface area contributed by atoms with Crippen LogP contribution < -0.4 is 5.32 Å². The summed E-state index contributed by atoms with van der Waals surface area (Å²) in [5.41, 5.74) is 1.33. The van der Waals surface area contributed by atoms with E-state index in [-0.39, 0.29) is 12.0 Å². The Labute approximate surface area is 132 Å². The van der Waals surface area contributed by atoms with Gasteiger partial charge < -0.3 is 15.0 Å². The summed E-state index contributed by atoms with van der Waals surface area (Å²) in [6, 6.07) is 10.8. The van der Waals surface area contributed by atoms with Crippen LogP contribution in [0.3, 0.4) is 0 Å². The fourth-order valence-corrected chi connectivity index (χ4v) is 3.24. The molecule has 2 fully saturated rings. The number of carbonyl (C=O) groups is 1. The summed E-state index contributed by atoms with van der Waals surface area (Å²) in [7, 11) is 1.91. The van der Waals surface area contributed by atoms with Gasteiger partial charge in [0.1, 0.15) is 6.10 Å². The molecular weight excluding hydrogens is 278 g/mol. The number of rotatable bonds is 4. The number of nitrogens with zero attached hydrogens (tertiary/aromatic N) is 2. The molecule has 0 aliphatic carbocycles. The van der Waals surface area contributed by atoms with Crippen LogP contribution in [0.25, 0.3) is 0 Å². The zero-order valence-electron chi connectivity index (χ0n) is 13.2. The Kier molecular flexibility index (Phi) is 5.08. The summed E-state index contributed by atoms with van der Waals surface area (Å²) in [4.78, 5) is 16.8. The molecule has 2 aliphatic rings. The second kappa shape index (κ2) is 7.22. The van der Waals surface area contributed by atoms with Crippen molar-refractivity contribution in [3.8, 4) is 0 Å². The van der Waals surface area contributed by atoms with Gasteiger partial charge in [-0.1, -0.05) is 30.3 Å². The van der Waals surface area contributed by atoms with Crippen molar-refractivity contribution in [1.82, 2.24) is 15.1 Å². The molecule has 3 rings (SSSR count). The second-order valence-corrected chi connectivity index (χ2v) is 6.18. The van der Waals surface area contributed by atoms with Crippen molar-refractivity contribution >= 4 is 5.91 Å². The van der Waals surface area contributed by atoms with Crippen LogP contribution in [0.15, 0.2) is 30.3 Å². The standard InChI is InChI=1S/C17H25N3O2/c1-19(17(21)16-11-18-8-10-22-16)15-7-9-20(13-15)12-14-5-3-2-4-6-14/h2-6,15-16,18H,7-13H2,1H3. The molecule has 1 amide bonds. The van der Waals surface area contributed by atoms with Gasteiger partial charge in [0, 0.05) is 45.8 Å². The predicted molar refractivity (Wildman–Crippen MR) is 85.5 cm³/mol. The summed E-state index contributed by atoms with van der Waals surface area (Å²) < 4.78 is 5.58. The molecule has 2 saturated heterocycles. The Bertz CT molecular complexity index is 488. The normalized spacial score (nSPS) is 26.0. The zero-order valence-corrected chi connectivity index (χ0v) is 13.2. The third-order valence-corrected chi connectivity index (χ3v) is 4.59. The molecule has 120 valence electrons. The van der Waals surface area contributed by atoms with E-state index >= 15 is 0 Å². The molecule has 2 unspecified atom stereocenters. The van der Waals surface area contributed by atoms with Crippen LogP contribution in [-0.2, 0) is 16.1 Å². The second-order valence-electron chi connectivity index (χ2n) is 6.18. The minimum Gasteiger partial charge on any atom is -0.366 e. The van der Waals surface area contributed by atoms with E-state index in [1.807, 2.05) is 18.0 Å². The molecule has 0 aromatic heterocycles. The topological polar surface area (TPSA) is 44.8 Å². The smallest absolute Gasteiger partial charge is 0.253 e. The van der Waals surface area contributed by atoms with Crippen molar-refractivity contribution in [1.29, 1.82) is 0 Å². The number of likely N-dealkylation sites (N-methyl/N-ethyl adjacent to an activating group) is 1. The number of benzene rings is 1. The van der Waals surface area contributed by atoms with Crippen molar-refractivity contribution in [3.63, 3.8) is 0 Å². The van der Waals surface area contributed by atoms with Crippen LogP contribution in [-0.4, -0.2) is 67.7 Å². The molecule has 1 aromatic carbocycles. The Morgan fingerprint density at radius 1 is 1.41 bits per heavy atom. The lowest BCUT2D eigenvalue weighted by Gasteiger charge is -2.31. The fourth-order valence-electron chi connectivity index (χ4n) is 3.24. The van der Waals surface area contributed by atoms with Gasteiger partial charge in [-0.3, -0.25) is 9.69 Å². The van der Waals surface area contributed by atoms with Crippen LogP contribution in [0, 0.1) is 0 Å². The van der Waals surface area contributed by atoms with Gasteiger partial charge in [0.05, 0.1) is 6.61 Å². The van der Waals surface area contributed by atoms with E-state index in [0.717, 1.165) is 32.6 Å². The number of amides is 1. The first-order valence-corrected chi connectivity index (χ1v) is 8.09. The van der Waals surface area contributed by atoms with Crippen LogP contribution in [0.5, 0.6) is 0 Å². The third-order valence-electron chi connectivity index (χ3n) is 4.59. The average Bonchev–Trinajstić information content (AvgIpc) is 3.04. The zero-order chi connectivity index (χ0) is 15.4. The van der Waals surface area contributed by atoms with Gasteiger partial charge in [-0.05, 0) is 12.0 Å². The van der Waals surface area contributed by atoms with E-state index in [1.165, 1.54) is 5.56 Å². The number of hydrogen-bond donors (Lipinski definition) is 1. The number of ether oxygens (including phenoxy) is 1. The molecule has 0 spiro atoms. The highest BCUT2D eigenvalue weighted by molar-refractivity contribution is 5.81. The first-order chi connectivity index (χ1) is 10.7. The molecule has 5 heteroatoms. The van der Waals surface area contributed by atoms with Gasteiger partial charge in [0.15, 0.2) is 0 Å². The molecule has 0 saturated carbocycles. The van der Waals surface area contributed by atoms with Gasteiger partial charge in [0.2, 0.25) is 0 Å². The maximum Gasteiger partial charge on any atom is 0.253 e. The third kappa shape index (κ3) is 3.66. The Morgan fingerprint density at radius 3 is 2.95 bits per heavy atom. The molecule has 1 N–H and O–H groups in total. The summed E-state index contributed by atoms with van der Waals surface area (Å²) in [5.74, 6) is 0.110. The largest absolute Gasteiger partial charge is 0.366 e. The summed E-state index contributed by atoms with van der Waals surface area (Å²) in [6.07, 6.45) is 0.719. The first-order valence-electron chi connectivity index (χ1n) is 8.09. The van der Waals surface area contributed by atoms with Gasteiger partial charge in [0.25, 0.3) is 5.91 Å². The highest BCUT2D eigenvalue weighted by Gasteiger charge is 2.32. The van der Waals surface area contributed by atoms with Crippen LogP contribution in [0.1, 0.15) is 12.0 Å². The minimum atomic E-state index is -0.318.